The number of hydrogen-bond donors (Lipinski definition) is 1. The van der Waals surface area contributed by atoms with Gasteiger partial charge in [0.25, 0.3) is 5.91 Å². The summed E-state index contributed by atoms with van der Waals surface area (Å²) in [5.74, 6) is 1.10. The molecule has 128 valence electrons. The number of ether oxygens (including phenoxy) is 2. The smallest absolute Gasteiger partial charge is 0.264 e. The van der Waals surface area contributed by atoms with Crippen LogP contribution in [-0.4, -0.2) is 40.2 Å². The van der Waals surface area contributed by atoms with Crippen molar-refractivity contribution in [3.63, 3.8) is 0 Å². The summed E-state index contributed by atoms with van der Waals surface area (Å²) in [4.78, 5) is 12.2. The summed E-state index contributed by atoms with van der Waals surface area (Å²) in [7, 11) is 0. The van der Waals surface area contributed by atoms with Crippen molar-refractivity contribution >= 4 is 16.9 Å². The van der Waals surface area contributed by atoms with Crippen LogP contribution in [0.4, 0.5) is 0 Å². The van der Waals surface area contributed by atoms with E-state index in [0.29, 0.717) is 24.6 Å². The van der Waals surface area contributed by atoms with Crippen LogP contribution in [0.15, 0.2) is 48.5 Å². The molecule has 0 unspecified atom stereocenters. The average molecular weight is 338 g/mol. The average Bonchev–Trinajstić information content (AvgIpc) is 3.08. The molecule has 0 aliphatic carbocycles. The molecule has 0 saturated heterocycles. The van der Waals surface area contributed by atoms with Gasteiger partial charge in [-0.05, 0) is 30.7 Å². The summed E-state index contributed by atoms with van der Waals surface area (Å²) in [6.45, 7) is 1.44. The third kappa shape index (κ3) is 3.26. The Kier molecular flexibility index (Phi) is 4.20. The lowest BCUT2D eigenvalue weighted by molar-refractivity contribution is -0.130. The van der Waals surface area contributed by atoms with E-state index in [4.69, 9.17) is 9.47 Å². The zero-order valence-electron chi connectivity index (χ0n) is 13.6. The Morgan fingerprint density at radius 3 is 2.88 bits per heavy atom. The van der Waals surface area contributed by atoms with Crippen LogP contribution in [0.2, 0.25) is 0 Å². The number of rotatable bonds is 5. The van der Waals surface area contributed by atoms with Crippen molar-refractivity contribution in [2.45, 2.75) is 19.1 Å². The number of nitrogens with zero attached hydrogens (tertiary/aromatic N) is 3. The number of hydrogen-bond acceptors (Lipinski definition) is 5. The van der Waals surface area contributed by atoms with Crippen molar-refractivity contribution in [1.82, 2.24) is 20.3 Å². The molecule has 1 N–H and O–H groups in total. The molecule has 7 nitrogen and oxygen atoms in total. The van der Waals surface area contributed by atoms with Gasteiger partial charge in [0.15, 0.2) is 11.5 Å². The van der Waals surface area contributed by atoms with Gasteiger partial charge in [-0.15, -0.1) is 5.10 Å². The normalized spacial score (nSPS) is 15.9. The number of fused-ring (bicyclic) bond motifs is 2. The van der Waals surface area contributed by atoms with Gasteiger partial charge in [0.1, 0.15) is 12.1 Å². The van der Waals surface area contributed by atoms with Crippen molar-refractivity contribution in [2.24, 2.45) is 0 Å². The van der Waals surface area contributed by atoms with E-state index in [-0.39, 0.29) is 12.5 Å². The Balaban J connectivity index is 1.27. The molecule has 1 amide bonds. The third-order valence-electron chi connectivity index (χ3n) is 4.07. The van der Waals surface area contributed by atoms with Gasteiger partial charge < -0.3 is 14.8 Å². The highest BCUT2D eigenvalue weighted by molar-refractivity contribution is 5.81. The second kappa shape index (κ2) is 6.80. The van der Waals surface area contributed by atoms with Gasteiger partial charge in [-0.2, -0.15) is 0 Å². The zero-order valence-corrected chi connectivity index (χ0v) is 13.6. The second-order valence-corrected chi connectivity index (χ2v) is 5.81. The van der Waals surface area contributed by atoms with Crippen molar-refractivity contribution in [2.75, 3.05) is 13.2 Å². The minimum atomic E-state index is -0.623. The van der Waals surface area contributed by atoms with Gasteiger partial charge in [0, 0.05) is 13.1 Å². The first-order valence-electron chi connectivity index (χ1n) is 8.26. The van der Waals surface area contributed by atoms with Gasteiger partial charge >= 0.3 is 0 Å². The first kappa shape index (κ1) is 15.4. The van der Waals surface area contributed by atoms with Gasteiger partial charge in [0.05, 0.1) is 5.52 Å². The van der Waals surface area contributed by atoms with E-state index in [9.17, 15) is 4.79 Å². The van der Waals surface area contributed by atoms with E-state index in [1.165, 1.54) is 0 Å². The molecule has 3 aromatic rings. The van der Waals surface area contributed by atoms with Crippen molar-refractivity contribution < 1.29 is 14.3 Å². The third-order valence-corrected chi connectivity index (χ3v) is 4.07. The molecule has 25 heavy (non-hydrogen) atoms. The maximum Gasteiger partial charge on any atom is 0.264 e. The minimum Gasteiger partial charge on any atom is -0.485 e. The summed E-state index contributed by atoms with van der Waals surface area (Å²) in [6.07, 6.45) is 0.130. The summed E-state index contributed by atoms with van der Waals surface area (Å²) in [5.41, 5.74) is 1.87. The molecule has 1 aliphatic rings. The molecule has 7 heteroatoms. The van der Waals surface area contributed by atoms with Crippen LogP contribution in [0.3, 0.4) is 0 Å². The molecule has 0 spiro atoms. The Hall–Kier alpha value is -3.09. The largest absolute Gasteiger partial charge is 0.485 e. The number of carbonyl (C=O) groups excluding carboxylic acids is 1. The highest BCUT2D eigenvalue weighted by Crippen LogP contribution is 2.30. The van der Waals surface area contributed by atoms with Crippen LogP contribution in [0.1, 0.15) is 6.42 Å². The van der Waals surface area contributed by atoms with Crippen molar-refractivity contribution in [1.29, 1.82) is 0 Å². The maximum atomic E-state index is 12.2. The van der Waals surface area contributed by atoms with Crippen LogP contribution in [0.25, 0.3) is 11.0 Å². The molecule has 0 fully saturated rings. The molecular weight excluding hydrogens is 320 g/mol. The Bertz CT molecular complexity index is 893. The summed E-state index contributed by atoms with van der Waals surface area (Å²) in [5, 5.41) is 11.1. The van der Waals surface area contributed by atoms with Gasteiger partial charge in [-0.1, -0.05) is 29.5 Å². The lowest BCUT2D eigenvalue weighted by atomic mass is 10.2. The van der Waals surface area contributed by atoms with Crippen LogP contribution in [-0.2, 0) is 11.3 Å². The number of para-hydroxylation sites is 3. The first-order chi connectivity index (χ1) is 12.3. The number of aromatic nitrogens is 3. The summed E-state index contributed by atoms with van der Waals surface area (Å²) >= 11 is 0. The van der Waals surface area contributed by atoms with E-state index in [1.54, 1.807) is 6.07 Å². The molecule has 2 aromatic carbocycles. The maximum absolute atomic E-state index is 12.2. The Labute approximate surface area is 144 Å². The first-order valence-corrected chi connectivity index (χ1v) is 8.26. The van der Waals surface area contributed by atoms with E-state index in [1.807, 2.05) is 47.1 Å². The predicted octanol–water partition coefficient (Wildman–Crippen LogP) is 1.78. The molecule has 1 aromatic heterocycles. The summed E-state index contributed by atoms with van der Waals surface area (Å²) < 4.78 is 13.1. The molecule has 1 atom stereocenters. The van der Waals surface area contributed by atoms with Gasteiger partial charge in [-0.3, -0.25) is 4.79 Å². The zero-order chi connectivity index (χ0) is 17.1. The second-order valence-electron chi connectivity index (χ2n) is 5.81. The molecular formula is C18H18N4O3. The number of carbonyl (C=O) groups is 1. The monoisotopic (exact) mass is 338 g/mol. The molecule has 1 aliphatic heterocycles. The van der Waals surface area contributed by atoms with Crippen LogP contribution < -0.4 is 14.8 Å². The topological polar surface area (TPSA) is 78.3 Å². The highest BCUT2D eigenvalue weighted by Gasteiger charge is 2.26. The fraction of sp³-hybridized carbons (Fsp3) is 0.278. The number of benzene rings is 2. The molecule has 4 rings (SSSR count). The highest BCUT2D eigenvalue weighted by atomic mass is 16.6. The number of amides is 1. The fourth-order valence-electron chi connectivity index (χ4n) is 2.79. The van der Waals surface area contributed by atoms with E-state index in [0.717, 1.165) is 17.5 Å². The van der Waals surface area contributed by atoms with Crippen LogP contribution >= 0.6 is 0 Å². The van der Waals surface area contributed by atoms with Crippen LogP contribution in [0, 0.1) is 0 Å². The quantitative estimate of drug-likeness (QED) is 0.718. The fourth-order valence-corrected chi connectivity index (χ4v) is 2.79. The van der Waals surface area contributed by atoms with Crippen molar-refractivity contribution in [3.05, 3.63) is 48.5 Å². The minimum absolute atomic E-state index is 0.169. The number of nitrogens with one attached hydrogen (secondary N) is 1. The number of aryl methyl sites for hydroxylation is 1. The Morgan fingerprint density at radius 1 is 1.16 bits per heavy atom. The van der Waals surface area contributed by atoms with E-state index >= 15 is 0 Å². The van der Waals surface area contributed by atoms with Gasteiger partial charge in [-0.25, -0.2) is 4.68 Å². The summed E-state index contributed by atoms with van der Waals surface area (Å²) in [6, 6.07) is 15.2. The molecule has 0 saturated carbocycles. The van der Waals surface area contributed by atoms with Gasteiger partial charge in [0.2, 0.25) is 6.10 Å². The lowest BCUT2D eigenvalue weighted by Gasteiger charge is -2.25. The Morgan fingerprint density at radius 2 is 1.96 bits per heavy atom. The predicted molar refractivity (Wildman–Crippen MR) is 91.5 cm³/mol. The lowest BCUT2D eigenvalue weighted by Crippen LogP contribution is -2.44. The molecule has 2 heterocycles. The van der Waals surface area contributed by atoms with Crippen LogP contribution in [0.5, 0.6) is 11.5 Å². The SMILES string of the molecule is O=C(NCCCn1nnc2ccccc21)[C@@H]1COc2ccccc2O1. The van der Waals surface area contributed by atoms with E-state index in [2.05, 4.69) is 15.6 Å². The van der Waals surface area contributed by atoms with E-state index < -0.39 is 6.10 Å². The standard InChI is InChI=1S/C18H18N4O3/c23-18(17-12-24-15-8-3-4-9-16(15)25-17)19-10-5-11-22-14-7-2-1-6-13(14)20-21-22/h1-4,6-9,17H,5,10-12H2,(H,19,23)/t17-/m0/s1. The molecule has 0 bridgehead atoms. The van der Waals surface area contributed by atoms with Crippen molar-refractivity contribution in [3.8, 4) is 11.5 Å². The molecule has 0 radical (unpaired) electrons.